The quantitative estimate of drug-likeness (QED) is 0.759. The summed E-state index contributed by atoms with van der Waals surface area (Å²) < 4.78 is 5.12. The molecule has 0 spiro atoms. The van der Waals surface area contributed by atoms with Gasteiger partial charge in [0.1, 0.15) is 12.0 Å². The zero-order valence-electron chi connectivity index (χ0n) is 8.36. The molecule has 4 nitrogen and oxygen atoms in total. The fraction of sp³-hybridized carbons (Fsp3) is 0.500. The Morgan fingerprint density at radius 3 is 2.64 bits per heavy atom. The van der Waals surface area contributed by atoms with E-state index < -0.39 is 5.43 Å². The molecule has 0 radical (unpaired) electrons. The van der Waals surface area contributed by atoms with Crippen molar-refractivity contribution < 1.29 is 9.52 Å². The van der Waals surface area contributed by atoms with Crippen molar-refractivity contribution in [3.05, 3.63) is 28.3 Å². The smallest absolute Gasteiger partial charge is 0.226 e. The third-order valence-electron chi connectivity index (χ3n) is 2.26. The van der Waals surface area contributed by atoms with Crippen LogP contribution >= 0.6 is 0 Å². The molecule has 0 amide bonds. The molecule has 4 heteroatoms. The zero-order valence-corrected chi connectivity index (χ0v) is 8.36. The third-order valence-corrected chi connectivity index (χ3v) is 2.26. The lowest BCUT2D eigenvalue weighted by Gasteiger charge is -2.16. The number of hydrogen-bond acceptors (Lipinski definition) is 4. The Balaban J connectivity index is 3.06. The summed E-state index contributed by atoms with van der Waals surface area (Å²) in [6, 6.07) is 1.30. The van der Waals surface area contributed by atoms with Gasteiger partial charge in [-0.05, 0) is 5.92 Å². The molecule has 0 saturated heterocycles. The molecule has 0 fully saturated rings. The van der Waals surface area contributed by atoms with Gasteiger partial charge < -0.3 is 15.3 Å². The lowest BCUT2D eigenvalue weighted by molar-refractivity contribution is 0.366. The highest BCUT2D eigenvalue weighted by Crippen LogP contribution is 2.22. The van der Waals surface area contributed by atoms with Gasteiger partial charge >= 0.3 is 0 Å². The molecule has 1 atom stereocenters. The minimum atomic E-state index is -0.426. The molecule has 0 aliphatic rings. The van der Waals surface area contributed by atoms with Crippen LogP contribution in [0.15, 0.2) is 21.5 Å². The van der Waals surface area contributed by atoms with Crippen LogP contribution in [-0.4, -0.2) is 11.7 Å². The topological polar surface area (TPSA) is 76.5 Å². The van der Waals surface area contributed by atoms with Gasteiger partial charge in [-0.1, -0.05) is 13.8 Å². The molecular weight excluding hydrogens is 182 g/mol. The fourth-order valence-corrected chi connectivity index (χ4v) is 1.33. The van der Waals surface area contributed by atoms with E-state index >= 15 is 0 Å². The van der Waals surface area contributed by atoms with Gasteiger partial charge in [0.25, 0.3) is 0 Å². The highest BCUT2D eigenvalue weighted by atomic mass is 16.4. The van der Waals surface area contributed by atoms with Crippen molar-refractivity contribution in [1.29, 1.82) is 0 Å². The summed E-state index contributed by atoms with van der Waals surface area (Å²) in [5, 5.41) is 9.00. The van der Waals surface area contributed by atoms with Gasteiger partial charge in [0.15, 0.2) is 5.75 Å². The molecular formula is C10H15NO3. The molecule has 0 aliphatic carbocycles. The predicted molar refractivity (Wildman–Crippen MR) is 53.3 cm³/mol. The summed E-state index contributed by atoms with van der Waals surface area (Å²) in [5.74, 6) is 0.481. The maximum Gasteiger partial charge on any atom is 0.226 e. The summed E-state index contributed by atoms with van der Waals surface area (Å²) in [7, 11) is 0. The van der Waals surface area contributed by atoms with E-state index in [2.05, 4.69) is 0 Å². The Kier molecular flexibility index (Phi) is 3.30. The van der Waals surface area contributed by atoms with Gasteiger partial charge in [-0.25, -0.2) is 0 Å². The van der Waals surface area contributed by atoms with Gasteiger partial charge in [0.2, 0.25) is 5.43 Å². The first-order chi connectivity index (χ1) is 6.56. The van der Waals surface area contributed by atoms with Gasteiger partial charge in [0, 0.05) is 18.5 Å². The maximum atomic E-state index is 11.1. The summed E-state index contributed by atoms with van der Waals surface area (Å²) in [5.41, 5.74) is 5.14. The van der Waals surface area contributed by atoms with E-state index in [4.69, 9.17) is 15.3 Å². The highest BCUT2D eigenvalue weighted by molar-refractivity contribution is 5.18. The fourth-order valence-electron chi connectivity index (χ4n) is 1.33. The van der Waals surface area contributed by atoms with E-state index in [0.717, 1.165) is 6.26 Å². The Morgan fingerprint density at radius 1 is 1.57 bits per heavy atom. The van der Waals surface area contributed by atoms with Crippen LogP contribution in [0.5, 0.6) is 5.75 Å². The largest absolute Gasteiger partial charge is 0.502 e. The Bertz CT molecular complexity index is 357. The van der Waals surface area contributed by atoms with E-state index in [9.17, 15) is 4.79 Å². The van der Waals surface area contributed by atoms with Crippen molar-refractivity contribution in [1.82, 2.24) is 0 Å². The van der Waals surface area contributed by atoms with Crippen LogP contribution < -0.4 is 11.2 Å². The zero-order chi connectivity index (χ0) is 10.7. The Morgan fingerprint density at radius 2 is 2.21 bits per heavy atom. The van der Waals surface area contributed by atoms with Gasteiger partial charge in [-0.15, -0.1) is 0 Å². The maximum absolute atomic E-state index is 11.1. The first-order valence-electron chi connectivity index (χ1n) is 4.58. The summed E-state index contributed by atoms with van der Waals surface area (Å²) in [6.07, 6.45) is 1.06. The molecule has 1 aromatic rings. The molecule has 14 heavy (non-hydrogen) atoms. The average molecular weight is 197 g/mol. The molecule has 1 rings (SSSR count). The van der Waals surface area contributed by atoms with E-state index in [0.29, 0.717) is 18.2 Å². The van der Waals surface area contributed by atoms with Gasteiger partial charge in [0.05, 0.1) is 0 Å². The minimum Gasteiger partial charge on any atom is -0.502 e. The van der Waals surface area contributed by atoms with E-state index in [1.807, 2.05) is 13.8 Å². The first kappa shape index (κ1) is 10.8. The van der Waals surface area contributed by atoms with E-state index in [1.165, 1.54) is 6.07 Å². The predicted octanol–water partition coefficient (Wildman–Crippen LogP) is 1.04. The van der Waals surface area contributed by atoms with E-state index in [-0.39, 0.29) is 11.7 Å². The van der Waals surface area contributed by atoms with Crippen LogP contribution in [0.4, 0.5) is 0 Å². The van der Waals surface area contributed by atoms with Crippen LogP contribution in [0.1, 0.15) is 25.5 Å². The summed E-state index contributed by atoms with van der Waals surface area (Å²) in [6.45, 7) is 4.43. The summed E-state index contributed by atoms with van der Waals surface area (Å²) in [4.78, 5) is 11.1. The van der Waals surface area contributed by atoms with Crippen molar-refractivity contribution in [2.75, 3.05) is 6.54 Å². The second-order valence-electron chi connectivity index (χ2n) is 3.62. The molecule has 1 heterocycles. The van der Waals surface area contributed by atoms with Crippen molar-refractivity contribution >= 4 is 0 Å². The molecule has 3 N–H and O–H groups in total. The highest BCUT2D eigenvalue weighted by Gasteiger charge is 2.17. The van der Waals surface area contributed by atoms with Crippen molar-refractivity contribution in [3.63, 3.8) is 0 Å². The van der Waals surface area contributed by atoms with Crippen LogP contribution in [0.25, 0.3) is 0 Å². The third kappa shape index (κ3) is 2.14. The monoisotopic (exact) mass is 197 g/mol. The van der Waals surface area contributed by atoms with Crippen molar-refractivity contribution in [2.45, 2.75) is 19.8 Å². The van der Waals surface area contributed by atoms with Crippen molar-refractivity contribution in [3.8, 4) is 5.75 Å². The van der Waals surface area contributed by atoms with E-state index in [1.54, 1.807) is 0 Å². The second-order valence-corrected chi connectivity index (χ2v) is 3.62. The van der Waals surface area contributed by atoms with Crippen LogP contribution in [0.2, 0.25) is 0 Å². The second kappa shape index (κ2) is 4.28. The van der Waals surface area contributed by atoms with Crippen LogP contribution in [0.3, 0.4) is 0 Å². The standard InChI is InChI=1S/C10H15NO3/c1-6(2)7(4-11)10-3-8(12)9(13)5-14-10/h3,5-7,13H,4,11H2,1-2H3. The van der Waals surface area contributed by atoms with Crippen LogP contribution in [0, 0.1) is 5.92 Å². The summed E-state index contributed by atoms with van der Waals surface area (Å²) >= 11 is 0. The molecule has 0 saturated carbocycles. The Labute approximate surface area is 82.4 Å². The molecule has 0 aromatic carbocycles. The lowest BCUT2D eigenvalue weighted by Crippen LogP contribution is -2.19. The van der Waals surface area contributed by atoms with Crippen molar-refractivity contribution in [2.24, 2.45) is 11.7 Å². The number of hydrogen-bond donors (Lipinski definition) is 2. The Hall–Kier alpha value is -1.29. The molecule has 1 aromatic heterocycles. The number of aromatic hydroxyl groups is 1. The molecule has 0 aliphatic heterocycles. The van der Waals surface area contributed by atoms with Gasteiger partial charge in [-0.2, -0.15) is 0 Å². The SMILES string of the molecule is CC(C)C(CN)c1cc(=O)c(O)co1. The molecule has 0 bridgehead atoms. The molecule has 1 unspecified atom stereocenters. The number of nitrogens with two attached hydrogens (primary N) is 1. The lowest BCUT2D eigenvalue weighted by atomic mass is 9.93. The average Bonchev–Trinajstić information content (AvgIpc) is 2.11. The van der Waals surface area contributed by atoms with Gasteiger partial charge in [-0.3, -0.25) is 4.79 Å². The minimum absolute atomic E-state index is 0.0169. The molecule has 78 valence electrons. The first-order valence-corrected chi connectivity index (χ1v) is 4.58. The number of rotatable bonds is 3. The van der Waals surface area contributed by atoms with Crippen LogP contribution in [-0.2, 0) is 0 Å². The normalized spacial score (nSPS) is 13.1.